The van der Waals surface area contributed by atoms with E-state index in [0.29, 0.717) is 37.9 Å². The normalized spacial score (nSPS) is 16.4. The van der Waals surface area contributed by atoms with Crippen LogP contribution in [-0.4, -0.2) is 62.0 Å². The Labute approximate surface area is 243 Å². The summed E-state index contributed by atoms with van der Waals surface area (Å²) in [7, 11) is 0. The van der Waals surface area contributed by atoms with Gasteiger partial charge in [-0.05, 0) is 48.1 Å². The molecule has 4 aromatic rings. The average Bonchev–Trinajstić information content (AvgIpc) is 3.69. The molecular formula is C30H31ClN8O2. The van der Waals surface area contributed by atoms with Crippen molar-refractivity contribution in [2.75, 3.05) is 29.9 Å². The fourth-order valence-corrected chi connectivity index (χ4v) is 5.67. The number of nitrogens with zero attached hydrogens (tertiary/aromatic N) is 6. The topological polar surface area (TPSA) is 108 Å². The molecule has 2 N–H and O–H groups in total. The van der Waals surface area contributed by atoms with Crippen LogP contribution in [0.3, 0.4) is 0 Å². The van der Waals surface area contributed by atoms with Crippen molar-refractivity contribution in [3.63, 3.8) is 0 Å². The summed E-state index contributed by atoms with van der Waals surface area (Å²) in [5.41, 5.74) is 4.60. The van der Waals surface area contributed by atoms with Gasteiger partial charge in [0.25, 0.3) is 0 Å². The van der Waals surface area contributed by atoms with Crippen LogP contribution in [0.25, 0.3) is 5.95 Å². The molecule has 1 fully saturated rings. The molecule has 0 spiro atoms. The minimum Gasteiger partial charge on any atom is -0.352 e. The van der Waals surface area contributed by atoms with Crippen molar-refractivity contribution in [1.82, 2.24) is 29.7 Å². The van der Waals surface area contributed by atoms with Crippen molar-refractivity contribution < 1.29 is 9.59 Å². The van der Waals surface area contributed by atoms with Gasteiger partial charge in [0.15, 0.2) is 0 Å². The number of halogens is 1. The predicted molar refractivity (Wildman–Crippen MR) is 157 cm³/mol. The number of aromatic nitrogens is 4. The first-order valence-electron chi connectivity index (χ1n) is 13.8. The second-order valence-electron chi connectivity index (χ2n) is 10.3. The Morgan fingerprint density at radius 1 is 1.00 bits per heavy atom. The largest absolute Gasteiger partial charge is 0.352 e. The first kappa shape index (κ1) is 26.8. The molecule has 11 heteroatoms. The van der Waals surface area contributed by atoms with Crippen LogP contribution in [0.4, 0.5) is 16.3 Å². The van der Waals surface area contributed by atoms with Gasteiger partial charge in [-0.15, -0.1) is 0 Å². The third-order valence-electron chi connectivity index (χ3n) is 7.57. The molecule has 10 nitrogen and oxygen atoms in total. The molecule has 1 atom stereocenters. The number of rotatable bonds is 7. The Hall–Kier alpha value is -4.44. The lowest BCUT2D eigenvalue weighted by Crippen LogP contribution is -2.57. The van der Waals surface area contributed by atoms with Gasteiger partial charge in [-0.3, -0.25) is 9.36 Å². The van der Waals surface area contributed by atoms with Crippen molar-refractivity contribution in [1.29, 1.82) is 0 Å². The van der Waals surface area contributed by atoms with Crippen LogP contribution in [0.15, 0.2) is 73.3 Å². The van der Waals surface area contributed by atoms with Crippen LogP contribution < -0.4 is 15.5 Å². The lowest BCUT2D eigenvalue weighted by atomic mass is 10.1. The van der Waals surface area contributed by atoms with Crippen LogP contribution in [0.5, 0.6) is 0 Å². The average molecular weight is 571 g/mol. The number of para-hydroxylation sites is 1. The van der Waals surface area contributed by atoms with Crippen molar-refractivity contribution in [3.05, 3.63) is 95.2 Å². The van der Waals surface area contributed by atoms with Gasteiger partial charge in [-0.25, -0.2) is 14.8 Å². The predicted octanol–water partition coefficient (Wildman–Crippen LogP) is 4.23. The fraction of sp³-hybridized carbons (Fsp3) is 0.300. The number of carbonyl (C=O) groups is 2. The minimum atomic E-state index is -0.327. The smallest absolute Gasteiger partial charge is 0.321 e. The number of aryl methyl sites for hydroxylation is 2. The molecule has 210 valence electrons. The highest BCUT2D eigenvalue weighted by atomic mass is 35.5. The lowest BCUT2D eigenvalue weighted by Gasteiger charge is -2.42. The van der Waals surface area contributed by atoms with Gasteiger partial charge in [-0.1, -0.05) is 48.0 Å². The van der Waals surface area contributed by atoms with E-state index in [-0.39, 0.29) is 29.6 Å². The summed E-state index contributed by atoms with van der Waals surface area (Å²) in [6.45, 7) is 1.73. The molecular weight excluding hydrogens is 540 g/mol. The summed E-state index contributed by atoms with van der Waals surface area (Å²) in [6, 6.07) is 17.0. The number of nitrogens with one attached hydrogen (secondary N) is 2. The highest BCUT2D eigenvalue weighted by Gasteiger charge is 2.32. The maximum Gasteiger partial charge on any atom is 0.321 e. The summed E-state index contributed by atoms with van der Waals surface area (Å²) >= 11 is 6.40. The van der Waals surface area contributed by atoms with E-state index in [1.807, 2.05) is 35.2 Å². The third kappa shape index (κ3) is 6.33. The van der Waals surface area contributed by atoms with E-state index >= 15 is 0 Å². The molecule has 2 aromatic carbocycles. The zero-order valence-corrected chi connectivity index (χ0v) is 23.3. The number of hydrogen-bond donors (Lipinski definition) is 2. The van der Waals surface area contributed by atoms with E-state index in [1.54, 1.807) is 34.3 Å². The maximum atomic E-state index is 13.3. The molecule has 3 heterocycles. The molecule has 1 unspecified atom stereocenters. The Morgan fingerprint density at radius 2 is 1.85 bits per heavy atom. The molecule has 0 radical (unpaired) electrons. The second kappa shape index (κ2) is 12.0. The van der Waals surface area contributed by atoms with Gasteiger partial charge in [0.05, 0.1) is 6.04 Å². The Kier molecular flexibility index (Phi) is 7.82. The SMILES string of the molecule is O=C(CC1CN(C(=O)Nc2ccccc2)CCN1c1cc(Cl)nc(-n2ccnc2)n1)NCc1ccc2c(c1)CCC2. The summed E-state index contributed by atoms with van der Waals surface area (Å²) < 4.78 is 1.68. The van der Waals surface area contributed by atoms with Crippen molar-refractivity contribution in [2.24, 2.45) is 0 Å². The van der Waals surface area contributed by atoms with E-state index < -0.39 is 0 Å². The second-order valence-corrected chi connectivity index (χ2v) is 10.7. The number of carbonyl (C=O) groups excluding carboxylic acids is 2. The number of fused-ring (bicyclic) bond motifs is 1. The van der Waals surface area contributed by atoms with Gasteiger partial charge >= 0.3 is 6.03 Å². The standard InChI is InChI=1S/C30H31ClN8O2/c31-26-17-27(36-29(35-26)38-12-11-32-20-38)39-14-13-37(30(41)34-24-7-2-1-3-8-24)19-25(39)16-28(40)33-18-21-9-10-22-5-4-6-23(22)15-21/h1-3,7-12,15,17,20,25H,4-6,13-14,16,18-19H2,(H,33,40)(H,34,41). The molecule has 1 saturated heterocycles. The molecule has 0 saturated carbocycles. The molecule has 1 aliphatic carbocycles. The van der Waals surface area contributed by atoms with Crippen LogP contribution in [0.1, 0.15) is 29.5 Å². The molecule has 3 amide bonds. The zero-order valence-electron chi connectivity index (χ0n) is 22.5. The van der Waals surface area contributed by atoms with Crippen LogP contribution in [0, 0.1) is 0 Å². The summed E-state index contributed by atoms with van der Waals surface area (Å²) in [4.78, 5) is 43.3. The van der Waals surface area contributed by atoms with E-state index in [0.717, 1.165) is 24.1 Å². The first-order valence-corrected chi connectivity index (χ1v) is 14.2. The van der Waals surface area contributed by atoms with Gasteiger partial charge in [0.1, 0.15) is 17.3 Å². The number of imidazole rings is 1. The number of anilines is 2. The zero-order chi connectivity index (χ0) is 28.2. The Bertz CT molecular complexity index is 1530. The molecule has 41 heavy (non-hydrogen) atoms. The molecule has 2 aliphatic rings. The number of amides is 3. The number of urea groups is 1. The van der Waals surface area contributed by atoms with Crippen LogP contribution in [0.2, 0.25) is 5.15 Å². The fourth-order valence-electron chi connectivity index (χ4n) is 5.50. The number of piperazine rings is 1. The van der Waals surface area contributed by atoms with E-state index in [4.69, 9.17) is 16.6 Å². The third-order valence-corrected chi connectivity index (χ3v) is 7.76. The van der Waals surface area contributed by atoms with Gasteiger partial charge in [0, 0.05) is 56.7 Å². The number of benzene rings is 2. The highest BCUT2D eigenvalue weighted by molar-refractivity contribution is 6.29. The van der Waals surface area contributed by atoms with Gasteiger partial charge < -0.3 is 20.4 Å². The van der Waals surface area contributed by atoms with Gasteiger partial charge in [-0.2, -0.15) is 4.98 Å². The highest BCUT2D eigenvalue weighted by Crippen LogP contribution is 2.25. The van der Waals surface area contributed by atoms with Gasteiger partial charge in [0.2, 0.25) is 11.9 Å². The van der Waals surface area contributed by atoms with E-state index in [2.05, 4.69) is 38.8 Å². The van der Waals surface area contributed by atoms with Crippen LogP contribution >= 0.6 is 11.6 Å². The molecule has 0 bridgehead atoms. The van der Waals surface area contributed by atoms with Crippen molar-refractivity contribution >= 4 is 35.0 Å². The van der Waals surface area contributed by atoms with Crippen molar-refractivity contribution in [2.45, 2.75) is 38.3 Å². The Morgan fingerprint density at radius 3 is 2.68 bits per heavy atom. The van der Waals surface area contributed by atoms with Crippen LogP contribution in [-0.2, 0) is 24.2 Å². The van der Waals surface area contributed by atoms with E-state index in [9.17, 15) is 9.59 Å². The Balaban J connectivity index is 1.19. The quantitative estimate of drug-likeness (QED) is 0.322. The van der Waals surface area contributed by atoms with E-state index in [1.165, 1.54) is 17.5 Å². The molecule has 2 aromatic heterocycles. The summed E-state index contributed by atoms with van der Waals surface area (Å²) in [6.07, 6.45) is 8.58. The number of hydrogen-bond acceptors (Lipinski definition) is 6. The maximum absolute atomic E-state index is 13.3. The summed E-state index contributed by atoms with van der Waals surface area (Å²) in [5, 5.41) is 6.32. The lowest BCUT2D eigenvalue weighted by molar-refractivity contribution is -0.121. The minimum absolute atomic E-state index is 0.0965. The molecule has 6 rings (SSSR count). The first-order chi connectivity index (χ1) is 20.0. The van der Waals surface area contributed by atoms with Crippen molar-refractivity contribution in [3.8, 4) is 5.95 Å². The summed E-state index contributed by atoms with van der Waals surface area (Å²) in [5.74, 6) is 0.878. The monoisotopic (exact) mass is 570 g/mol. The molecule has 1 aliphatic heterocycles.